The van der Waals surface area contributed by atoms with Crippen molar-refractivity contribution in [3.05, 3.63) is 29.8 Å². The second-order valence-corrected chi connectivity index (χ2v) is 4.73. The SMILES string of the molecule is CCOc1ccc(CCNCC(C)CC(=O)O)cc1. The van der Waals surface area contributed by atoms with Gasteiger partial charge in [-0.3, -0.25) is 4.79 Å². The number of hydrogen-bond acceptors (Lipinski definition) is 3. The van der Waals surface area contributed by atoms with E-state index in [0.29, 0.717) is 6.61 Å². The Bertz CT molecular complexity index is 375. The van der Waals surface area contributed by atoms with Gasteiger partial charge in [0.1, 0.15) is 5.75 Å². The molecule has 0 aliphatic carbocycles. The first kappa shape index (κ1) is 15.5. The summed E-state index contributed by atoms with van der Waals surface area (Å²) in [6.45, 7) is 6.19. The summed E-state index contributed by atoms with van der Waals surface area (Å²) in [6, 6.07) is 8.08. The van der Waals surface area contributed by atoms with Gasteiger partial charge in [-0.05, 0) is 50.0 Å². The lowest BCUT2D eigenvalue weighted by Crippen LogP contribution is -2.24. The van der Waals surface area contributed by atoms with Gasteiger partial charge in [-0.2, -0.15) is 0 Å². The maximum absolute atomic E-state index is 10.5. The molecule has 1 aromatic carbocycles. The third-order valence-electron chi connectivity index (χ3n) is 2.84. The topological polar surface area (TPSA) is 58.6 Å². The Morgan fingerprint density at radius 3 is 2.63 bits per heavy atom. The molecule has 0 aromatic heterocycles. The number of carboxylic acids is 1. The molecule has 0 radical (unpaired) electrons. The molecule has 0 spiro atoms. The third kappa shape index (κ3) is 6.82. The van der Waals surface area contributed by atoms with Crippen LogP contribution in [-0.2, 0) is 11.2 Å². The van der Waals surface area contributed by atoms with Crippen LogP contribution in [0.25, 0.3) is 0 Å². The average molecular weight is 265 g/mol. The Labute approximate surface area is 114 Å². The van der Waals surface area contributed by atoms with E-state index in [1.54, 1.807) is 0 Å². The monoisotopic (exact) mass is 265 g/mol. The molecule has 0 fully saturated rings. The van der Waals surface area contributed by atoms with Crippen molar-refractivity contribution in [3.8, 4) is 5.75 Å². The second-order valence-electron chi connectivity index (χ2n) is 4.73. The Morgan fingerprint density at radius 2 is 2.05 bits per heavy atom. The number of benzene rings is 1. The summed E-state index contributed by atoms with van der Waals surface area (Å²) in [6.07, 6.45) is 1.16. The van der Waals surface area contributed by atoms with Gasteiger partial charge >= 0.3 is 5.97 Å². The van der Waals surface area contributed by atoms with E-state index in [9.17, 15) is 4.79 Å². The molecule has 4 nitrogen and oxygen atoms in total. The van der Waals surface area contributed by atoms with Gasteiger partial charge in [0.2, 0.25) is 0 Å². The molecule has 1 aromatic rings. The first-order valence-corrected chi connectivity index (χ1v) is 6.76. The van der Waals surface area contributed by atoms with Crippen LogP contribution in [0.15, 0.2) is 24.3 Å². The zero-order valence-corrected chi connectivity index (χ0v) is 11.7. The normalized spacial score (nSPS) is 12.1. The maximum atomic E-state index is 10.5. The van der Waals surface area contributed by atoms with E-state index in [2.05, 4.69) is 17.4 Å². The number of aliphatic carboxylic acids is 1. The van der Waals surface area contributed by atoms with E-state index in [0.717, 1.165) is 25.3 Å². The molecule has 19 heavy (non-hydrogen) atoms. The number of rotatable bonds is 9. The summed E-state index contributed by atoms with van der Waals surface area (Å²) in [5, 5.41) is 11.9. The molecule has 0 saturated carbocycles. The molecular weight excluding hydrogens is 242 g/mol. The van der Waals surface area contributed by atoms with E-state index in [-0.39, 0.29) is 12.3 Å². The fourth-order valence-corrected chi connectivity index (χ4v) is 1.87. The quantitative estimate of drug-likeness (QED) is 0.673. The molecule has 0 heterocycles. The molecule has 0 aliphatic heterocycles. The van der Waals surface area contributed by atoms with Crippen molar-refractivity contribution < 1.29 is 14.6 Å². The smallest absolute Gasteiger partial charge is 0.303 e. The minimum atomic E-state index is -0.735. The standard InChI is InChI=1S/C15H23NO3/c1-3-19-14-6-4-13(5-7-14)8-9-16-11-12(2)10-15(17)18/h4-7,12,16H,3,8-11H2,1-2H3,(H,17,18). The number of ether oxygens (including phenoxy) is 1. The van der Waals surface area contributed by atoms with Crippen LogP contribution in [0.4, 0.5) is 0 Å². The zero-order chi connectivity index (χ0) is 14.1. The van der Waals surface area contributed by atoms with E-state index in [1.165, 1.54) is 5.56 Å². The van der Waals surface area contributed by atoms with Crippen LogP contribution in [0, 0.1) is 5.92 Å². The summed E-state index contributed by atoms with van der Waals surface area (Å²) >= 11 is 0. The van der Waals surface area contributed by atoms with Crippen LogP contribution in [0.5, 0.6) is 5.75 Å². The van der Waals surface area contributed by atoms with Crippen molar-refractivity contribution in [3.63, 3.8) is 0 Å². The second kappa shape index (κ2) is 8.53. The van der Waals surface area contributed by atoms with Gasteiger partial charge in [-0.25, -0.2) is 0 Å². The van der Waals surface area contributed by atoms with Crippen molar-refractivity contribution in [1.29, 1.82) is 0 Å². The van der Waals surface area contributed by atoms with Gasteiger partial charge in [0.15, 0.2) is 0 Å². The third-order valence-corrected chi connectivity index (χ3v) is 2.84. The van der Waals surface area contributed by atoms with Crippen molar-refractivity contribution in [2.75, 3.05) is 19.7 Å². The highest BCUT2D eigenvalue weighted by Crippen LogP contribution is 2.12. The van der Waals surface area contributed by atoms with Crippen LogP contribution >= 0.6 is 0 Å². The number of carboxylic acid groups (broad SMARTS) is 1. The van der Waals surface area contributed by atoms with Gasteiger partial charge in [0.05, 0.1) is 6.61 Å². The molecule has 0 bridgehead atoms. The largest absolute Gasteiger partial charge is 0.494 e. The molecule has 0 amide bonds. The van der Waals surface area contributed by atoms with Crippen molar-refractivity contribution in [2.45, 2.75) is 26.7 Å². The summed E-state index contributed by atoms with van der Waals surface area (Å²) in [4.78, 5) is 10.5. The van der Waals surface area contributed by atoms with E-state index in [4.69, 9.17) is 9.84 Å². The Morgan fingerprint density at radius 1 is 1.37 bits per heavy atom. The van der Waals surface area contributed by atoms with Crippen molar-refractivity contribution in [1.82, 2.24) is 5.32 Å². The van der Waals surface area contributed by atoms with E-state index >= 15 is 0 Å². The van der Waals surface area contributed by atoms with Crippen molar-refractivity contribution >= 4 is 5.97 Å². The highest BCUT2D eigenvalue weighted by atomic mass is 16.5. The van der Waals surface area contributed by atoms with E-state index in [1.807, 2.05) is 26.0 Å². The van der Waals surface area contributed by atoms with Crippen molar-refractivity contribution in [2.24, 2.45) is 5.92 Å². The number of carbonyl (C=O) groups is 1. The van der Waals surface area contributed by atoms with Crippen LogP contribution < -0.4 is 10.1 Å². The molecule has 1 atom stereocenters. The molecule has 106 valence electrons. The van der Waals surface area contributed by atoms with Crippen LogP contribution in [0.3, 0.4) is 0 Å². The van der Waals surface area contributed by atoms with Gasteiger partial charge in [-0.15, -0.1) is 0 Å². The van der Waals surface area contributed by atoms with Gasteiger partial charge in [-0.1, -0.05) is 19.1 Å². The Kier molecular flexibility index (Phi) is 6.97. The summed E-state index contributed by atoms with van der Waals surface area (Å²) in [7, 11) is 0. The van der Waals surface area contributed by atoms with E-state index < -0.39 is 5.97 Å². The highest BCUT2D eigenvalue weighted by molar-refractivity contribution is 5.66. The van der Waals surface area contributed by atoms with Crippen LogP contribution in [0.1, 0.15) is 25.8 Å². The minimum Gasteiger partial charge on any atom is -0.494 e. The highest BCUT2D eigenvalue weighted by Gasteiger charge is 2.06. The van der Waals surface area contributed by atoms with Gasteiger partial charge in [0, 0.05) is 6.42 Å². The molecular formula is C15H23NO3. The predicted octanol–water partition coefficient (Wildman–Crippen LogP) is 2.33. The Hall–Kier alpha value is -1.55. The number of nitrogens with one attached hydrogen (secondary N) is 1. The molecule has 4 heteroatoms. The molecule has 1 rings (SSSR count). The number of hydrogen-bond donors (Lipinski definition) is 2. The molecule has 1 unspecified atom stereocenters. The minimum absolute atomic E-state index is 0.165. The lowest BCUT2D eigenvalue weighted by Gasteiger charge is -2.10. The maximum Gasteiger partial charge on any atom is 0.303 e. The van der Waals surface area contributed by atoms with Gasteiger partial charge in [0.25, 0.3) is 0 Å². The average Bonchev–Trinajstić information content (AvgIpc) is 2.36. The molecule has 0 aliphatic rings. The zero-order valence-electron chi connectivity index (χ0n) is 11.7. The Balaban J connectivity index is 2.20. The lowest BCUT2D eigenvalue weighted by atomic mass is 10.1. The molecule has 0 saturated heterocycles. The summed E-state index contributed by atoms with van der Waals surface area (Å²) < 4.78 is 5.38. The fraction of sp³-hybridized carbons (Fsp3) is 0.533. The predicted molar refractivity (Wildman–Crippen MR) is 75.6 cm³/mol. The van der Waals surface area contributed by atoms with Crippen LogP contribution in [-0.4, -0.2) is 30.8 Å². The molecule has 2 N–H and O–H groups in total. The van der Waals surface area contributed by atoms with Gasteiger partial charge < -0.3 is 15.2 Å². The lowest BCUT2D eigenvalue weighted by molar-refractivity contribution is -0.137. The fourth-order valence-electron chi connectivity index (χ4n) is 1.87. The first-order valence-electron chi connectivity index (χ1n) is 6.76. The summed E-state index contributed by atoms with van der Waals surface area (Å²) in [5.74, 6) is 0.327. The van der Waals surface area contributed by atoms with Crippen LogP contribution in [0.2, 0.25) is 0 Å². The summed E-state index contributed by atoms with van der Waals surface area (Å²) in [5.41, 5.74) is 1.25. The first-order chi connectivity index (χ1) is 9.11.